The van der Waals surface area contributed by atoms with Crippen LogP contribution in [-0.4, -0.2) is 36.0 Å². The first-order chi connectivity index (χ1) is 23.5. The number of nitriles is 1. The minimum atomic E-state index is -0.618. The topological polar surface area (TPSA) is 114 Å². The van der Waals surface area contributed by atoms with E-state index in [9.17, 15) is 24.8 Å². The van der Waals surface area contributed by atoms with Gasteiger partial charge in [0.2, 0.25) is 5.78 Å². The van der Waals surface area contributed by atoms with Gasteiger partial charge in [-0.3, -0.25) is 9.59 Å². The SMILES string of the molecule is CC1=C(O)C(=O)C=C2C1=CC=C1[C@@]2(C)CC[C@@]2(C)[C@@H]3C[C@](C)(C(=O)OCCCOC(=O)/C=C(\C#N)c4ccc(C)cc4)CC[C@]3(C)CC[C@]12C. The molecule has 264 valence electrons. The summed E-state index contributed by atoms with van der Waals surface area (Å²) in [7, 11) is 0. The molecule has 1 aromatic rings. The third-order valence-corrected chi connectivity index (χ3v) is 13.9. The molecule has 0 spiro atoms. The zero-order valence-corrected chi connectivity index (χ0v) is 30.7. The Morgan fingerprint density at radius 3 is 2.32 bits per heavy atom. The summed E-state index contributed by atoms with van der Waals surface area (Å²) < 4.78 is 11.2. The van der Waals surface area contributed by atoms with Crippen molar-refractivity contribution in [3.63, 3.8) is 0 Å². The highest BCUT2D eigenvalue weighted by atomic mass is 16.5. The smallest absolute Gasteiger partial charge is 0.332 e. The van der Waals surface area contributed by atoms with E-state index >= 15 is 0 Å². The van der Waals surface area contributed by atoms with E-state index in [1.54, 1.807) is 18.2 Å². The molecule has 7 nitrogen and oxygen atoms in total. The van der Waals surface area contributed by atoms with Crippen molar-refractivity contribution in [1.82, 2.24) is 0 Å². The number of aliphatic hydroxyl groups excluding tert-OH is 1. The van der Waals surface area contributed by atoms with Gasteiger partial charge >= 0.3 is 11.9 Å². The molecule has 6 atom stereocenters. The molecule has 0 saturated heterocycles. The van der Waals surface area contributed by atoms with Gasteiger partial charge in [-0.2, -0.15) is 5.26 Å². The molecule has 6 rings (SSSR count). The Hall–Kier alpha value is -4.18. The largest absolute Gasteiger partial charge is 0.504 e. The molecule has 5 aliphatic carbocycles. The van der Waals surface area contributed by atoms with E-state index < -0.39 is 11.4 Å². The number of nitrogens with zero attached hydrogens (tertiary/aromatic N) is 1. The fourth-order valence-corrected chi connectivity index (χ4v) is 10.3. The van der Waals surface area contributed by atoms with E-state index in [4.69, 9.17) is 9.47 Å². The average molecular weight is 678 g/mol. The summed E-state index contributed by atoms with van der Waals surface area (Å²) in [6, 6.07) is 9.43. The van der Waals surface area contributed by atoms with Crippen molar-refractivity contribution < 1.29 is 29.0 Å². The van der Waals surface area contributed by atoms with Crippen molar-refractivity contribution in [3.05, 3.63) is 87.7 Å². The Labute approximate surface area is 296 Å². The first-order valence-electron chi connectivity index (χ1n) is 18.1. The van der Waals surface area contributed by atoms with Crippen LogP contribution in [0.25, 0.3) is 5.57 Å². The van der Waals surface area contributed by atoms with Gasteiger partial charge in [-0.15, -0.1) is 0 Å². The number of benzene rings is 1. The third kappa shape index (κ3) is 5.60. The van der Waals surface area contributed by atoms with Crippen molar-refractivity contribution in [2.75, 3.05) is 13.2 Å². The molecule has 0 heterocycles. The second-order valence-corrected chi connectivity index (χ2v) is 16.8. The maximum absolute atomic E-state index is 13.8. The number of allylic oxidation sites excluding steroid dienone is 8. The lowest BCUT2D eigenvalue weighted by Crippen LogP contribution is -2.62. The van der Waals surface area contributed by atoms with Crippen LogP contribution in [0.1, 0.15) is 104 Å². The van der Waals surface area contributed by atoms with Gasteiger partial charge in [0.1, 0.15) is 6.07 Å². The number of hydrogen-bond acceptors (Lipinski definition) is 7. The van der Waals surface area contributed by atoms with E-state index in [0.717, 1.165) is 61.7 Å². The predicted molar refractivity (Wildman–Crippen MR) is 192 cm³/mol. The van der Waals surface area contributed by atoms with Gasteiger partial charge < -0.3 is 14.6 Å². The molecule has 0 amide bonds. The summed E-state index contributed by atoms with van der Waals surface area (Å²) in [6.45, 7) is 15.7. The summed E-state index contributed by atoms with van der Waals surface area (Å²) in [5, 5.41) is 20.0. The van der Waals surface area contributed by atoms with Crippen molar-refractivity contribution in [2.24, 2.45) is 33.0 Å². The van der Waals surface area contributed by atoms with Crippen molar-refractivity contribution in [1.29, 1.82) is 5.26 Å². The summed E-state index contributed by atoms with van der Waals surface area (Å²) in [6.07, 6.45) is 14.1. The van der Waals surface area contributed by atoms with Crippen molar-refractivity contribution in [2.45, 2.75) is 99.8 Å². The number of carbonyl (C=O) groups excluding carboxylic acids is 3. The standard InChI is InChI=1S/C43H51NO6/c1-27-9-11-29(12-10-27)30(26-44)23-36(46)49-21-8-22-50-38(48)40(4)16-15-39(3)17-19-42(6)34-14-13-31-28(2)37(47)33(45)24-32(31)41(34,5)18-20-43(42,7)35(39)25-40/h9-14,23-24,35,47H,8,15-22,25H2,1-7H3/b30-23+/t35-,39-,40-,41+,42-,43+/m1/s1. The molecule has 50 heavy (non-hydrogen) atoms. The molecule has 0 bridgehead atoms. The number of carbonyl (C=O) groups is 3. The van der Waals surface area contributed by atoms with Crippen LogP contribution >= 0.6 is 0 Å². The van der Waals surface area contributed by atoms with Gasteiger partial charge in [0, 0.05) is 23.5 Å². The number of ketones is 1. The zero-order chi connectivity index (χ0) is 36.3. The Morgan fingerprint density at radius 1 is 0.940 bits per heavy atom. The molecule has 3 saturated carbocycles. The van der Waals surface area contributed by atoms with Crippen LogP contribution in [0.3, 0.4) is 0 Å². The number of esters is 2. The van der Waals surface area contributed by atoms with Crippen LogP contribution in [0.15, 0.2) is 76.6 Å². The van der Waals surface area contributed by atoms with Crippen LogP contribution < -0.4 is 0 Å². The number of rotatable bonds is 7. The molecule has 1 N–H and O–H groups in total. The average Bonchev–Trinajstić information content (AvgIpc) is 3.08. The quantitative estimate of drug-likeness (QED) is 0.133. The fourth-order valence-electron chi connectivity index (χ4n) is 10.3. The highest BCUT2D eigenvalue weighted by Crippen LogP contribution is 2.75. The molecule has 7 heteroatoms. The lowest BCUT2D eigenvalue weighted by atomic mass is 9.34. The highest BCUT2D eigenvalue weighted by Gasteiger charge is 2.67. The summed E-state index contributed by atoms with van der Waals surface area (Å²) >= 11 is 0. The third-order valence-electron chi connectivity index (χ3n) is 13.9. The molecular weight excluding hydrogens is 626 g/mol. The Morgan fingerprint density at radius 2 is 1.62 bits per heavy atom. The van der Waals surface area contributed by atoms with Crippen LogP contribution in [0.2, 0.25) is 0 Å². The second-order valence-electron chi connectivity index (χ2n) is 16.8. The normalized spacial score (nSPS) is 34.8. The van der Waals surface area contributed by atoms with Crippen LogP contribution in [0.4, 0.5) is 0 Å². The molecule has 0 aromatic heterocycles. The maximum Gasteiger partial charge on any atom is 0.332 e. The monoisotopic (exact) mass is 677 g/mol. The van der Waals surface area contributed by atoms with Crippen LogP contribution in [0.5, 0.6) is 0 Å². The minimum Gasteiger partial charge on any atom is -0.504 e. The fraction of sp³-hybridized carbons (Fsp3) is 0.535. The summed E-state index contributed by atoms with van der Waals surface area (Å²) in [4.78, 5) is 39.0. The predicted octanol–water partition coefficient (Wildman–Crippen LogP) is 9.01. The molecule has 1 aromatic carbocycles. The number of fused-ring (bicyclic) bond motifs is 7. The molecule has 5 aliphatic rings. The van der Waals surface area contributed by atoms with Gasteiger partial charge in [0.05, 0.1) is 24.2 Å². The van der Waals surface area contributed by atoms with Crippen LogP contribution in [0, 0.1) is 51.2 Å². The van der Waals surface area contributed by atoms with Gasteiger partial charge in [-0.05, 0) is 111 Å². The number of ether oxygens (including phenoxy) is 2. The lowest BCUT2D eigenvalue weighted by molar-refractivity contribution is -0.182. The summed E-state index contributed by atoms with van der Waals surface area (Å²) in [5.41, 5.74) is 5.00. The van der Waals surface area contributed by atoms with E-state index in [0.29, 0.717) is 23.5 Å². The van der Waals surface area contributed by atoms with Gasteiger partial charge in [-0.25, -0.2) is 4.79 Å². The maximum atomic E-state index is 13.8. The van der Waals surface area contributed by atoms with E-state index in [1.807, 2.05) is 26.0 Å². The van der Waals surface area contributed by atoms with Crippen LogP contribution in [-0.2, 0) is 23.9 Å². The van der Waals surface area contributed by atoms with Crippen molar-refractivity contribution in [3.8, 4) is 6.07 Å². The number of aryl methyl sites for hydroxylation is 1. The number of hydrogen-bond donors (Lipinski definition) is 1. The zero-order valence-electron chi connectivity index (χ0n) is 30.7. The lowest BCUT2D eigenvalue weighted by Gasteiger charge is -2.70. The first-order valence-corrected chi connectivity index (χ1v) is 18.1. The molecular formula is C43H51NO6. The van der Waals surface area contributed by atoms with Gasteiger partial charge in [0.15, 0.2) is 5.76 Å². The van der Waals surface area contributed by atoms with Gasteiger partial charge in [-0.1, -0.05) is 75.2 Å². The van der Waals surface area contributed by atoms with E-state index in [-0.39, 0.29) is 58.0 Å². The number of aliphatic hydroxyl groups is 1. The summed E-state index contributed by atoms with van der Waals surface area (Å²) in [5.74, 6) is -0.949. The first kappa shape index (κ1) is 35.6. The molecule has 0 unspecified atom stereocenters. The van der Waals surface area contributed by atoms with Crippen molar-refractivity contribution >= 4 is 23.3 Å². The molecule has 3 fully saturated rings. The Balaban J connectivity index is 1.12. The van der Waals surface area contributed by atoms with Gasteiger partial charge in [0.25, 0.3) is 0 Å². The van der Waals surface area contributed by atoms with E-state index in [2.05, 4.69) is 52.8 Å². The highest BCUT2D eigenvalue weighted by molar-refractivity contribution is 6.06. The second kappa shape index (κ2) is 12.5. The molecule has 0 radical (unpaired) electrons. The molecule has 0 aliphatic heterocycles. The minimum absolute atomic E-state index is 0.0620. The Bertz CT molecular complexity index is 1840. The van der Waals surface area contributed by atoms with E-state index in [1.165, 1.54) is 11.6 Å². The Kier molecular flexibility index (Phi) is 8.94.